The highest BCUT2D eigenvalue weighted by Gasteiger charge is 2.52. The third-order valence-corrected chi connectivity index (χ3v) is 4.77. The summed E-state index contributed by atoms with van der Waals surface area (Å²) in [6.07, 6.45) is 4.87. The van der Waals surface area contributed by atoms with Gasteiger partial charge in [0.1, 0.15) is 5.60 Å². The van der Waals surface area contributed by atoms with Gasteiger partial charge in [0.05, 0.1) is 12.2 Å². The van der Waals surface area contributed by atoms with Gasteiger partial charge in [-0.25, -0.2) is 4.79 Å². The summed E-state index contributed by atoms with van der Waals surface area (Å²) in [5, 5.41) is 14.2. The first-order chi connectivity index (χ1) is 10.5. The monoisotopic (exact) mass is 304 g/mol. The Hall–Kier alpha value is -2.22. The summed E-state index contributed by atoms with van der Waals surface area (Å²) in [5.41, 5.74) is 0.106. The molecule has 3 aliphatic heterocycles. The fourth-order valence-corrected chi connectivity index (χ4v) is 3.89. The van der Waals surface area contributed by atoms with Gasteiger partial charge in [-0.3, -0.25) is 4.90 Å². The van der Waals surface area contributed by atoms with E-state index in [0.29, 0.717) is 24.3 Å². The third kappa shape index (κ3) is 2.10. The zero-order valence-corrected chi connectivity index (χ0v) is 11.9. The summed E-state index contributed by atoms with van der Waals surface area (Å²) in [6, 6.07) is 3.68. The van der Waals surface area contributed by atoms with Crippen molar-refractivity contribution in [3.63, 3.8) is 0 Å². The number of aromatic nitrogens is 1. The van der Waals surface area contributed by atoms with Crippen LogP contribution in [0.25, 0.3) is 0 Å². The predicted molar refractivity (Wildman–Crippen MR) is 76.6 cm³/mol. The lowest BCUT2D eigenvalue weighted by Crippen LogP contribution is -2.50. The number of amides is 1. The summed E-state index contributed by atoms with van der Waals surface area (Å²) >= 11 is 0. The Morgan fingerprint density at radius 3 is 2.68 bits per heavy atom. The molecule has 1 aromatic heterocycles. The molecule has 3 saturated heterocycles. The summed E-state index contributed by atoms with van der Waals surface area (Å²) < 4.78 is 5.70. The lowest BCUT2D eigenvalue weighted by atomic mass is 9.87. The van der Waals surface area contributed by atoms with Crippen LogP contribution in [0.2, 0.25) is 0 Å². The van der Waals surface area contributed by atoms with Gasteiger partial charge >= 0.3 is 11.9 Å². The molecule has 1 aromatic rings. The molecule has 3 atom stereocenters. The number of nitro groups is 1. The van der Waals surface area contributed by atoms with Crippen LogP contribution in [0.5, 0.6) is 0 Å². The Morgan fingerprint density at radius 2 is 2.09 bits per heavy atom. The van der Waals surface area contributed by atoms with E-state index in [2.05, 4.69) is 10.3 Å². The van der Waals surface area contributed by atoms with Crippen molar-refractivity contribution in [1.82, 2.24) is 10.3 Å². The molecule has 8 nitrogen and oxygen atoms in total. The molecule has 116 valence electrons. The Kier molecular flexibility index (Phi) is 2.83. The van der Waals surface area contributed by atoms with Gasteiger partial charge in [-0.2, -0.15) is 0 Å². The number of rotatable bonds is 2. The molecule has 1 spiro atoms. The Balaban J connectivity index is 1.56. The van der Waals surface area contributed by atoms with Gasteiger partial charge in [0.2, 0.25) is 0 Å². The van der Waals surface area contributed by atoms with Gasteiger partial charge in [-0.15, -0.1) is 0 Å². The quantitative estimate of drug-likeness (QED) is 0.658. The molecule has 3 aliphatic rings. The fourth-order valence-electron chi connectivity index (χ4n) is 3.89. The zero-order chi connectivity index (χ0) is 15.3. The van der Waals surface area contributed by atoms with Crippen molar-refractivity contribution in [2.45, 2.75) is 43.4 Å². The number of pyridine rings is 1. The number of carbonyl (C=O) groups is 1. The van der Waals surface area contributed by atoms with Crippen molar-refractivity contribution < 1.29 is 14.5 Å². The van der Waals surface area contributed by atoms with Crippen molar-refractivity contribution in [2.24, 2.45) is 0 Å². The van der Waals surface area contributed by atoms with Crippen LogP contribution in [0.4, 0.5) is 16.3 Å². The van der Waals surface area contributed by atoms with Gasteiger partial charge in [0.25, 0.3) is 0 Å². The third-order valence-electron chi connectivity index (χ3n) is 4.77. The summed E-state index contributed by atoms with van der Waals surface area (Å²) in [4.78, 5) is 27.6. The molecular formula is C14H16N4O4. The maximum Gasteiger partial charge on any atom is 0.415 e. The van der Waals surface area contributed by atoms with Gasteiger partial charge in [0, 0.05) is 31.0 Å². The number of nitrogens with zero attached hydrogens (tertiary/aromatic N) is 3. The molecule has 1 amide bonds. The van der Waals surface area contributed by atoms with E-state index in [4.69, 9.17) is 4.74 Å². The summed E-state index contributed by atoms with van der Waals surface area (Å²) in [7, 11) is 0. The minimum Gasteiger partial charge on any atom is -0.441 e. The topological polar surface area (TPSA) is 97.6 Å². The normalized spacial score (nSPS) is 33.3. The Morgan fingerprint density at radius 1 is 1.36 bits per heavy atom. The lowest BCUT2D eigenvalue weighted by Gasteiger charge is -2.36. The van der Waals surface area contributed by atoms with Crippen LogP contribution in [0.3, 0.4) is 0 Å². The van der Waals surface area contributed by atoms with E-state index in [1.54, 1.807) is 6.07 Å². The molecule has 8 heteroatoms. The summed E-state index contributed by atoms with van der Waals surface area (Å²) in [5.74, 6) is -0.231. The second-order valence-corrected chi connectivity index (χ2v) is 6.31. The van der Waals surface area contributed by atoms with Crippen molar-refractivity contribution in [3.05, 3.63) is 28.4 Å². The molecule has 0 aliphatic carbocycles. The van der Waals surface area contributed by atoms with Crippen LogP contribution in [0.15, 0.2) is 18.3 Å². The largest absolute Gasteiger partial charge is 0.441 e. The Labute approximate surface area is 126 Å². The predicted octanol–water partition coefficient (Wildman–Crippen LogP) is 1.60. The average Bonchev–Trinajstić information content (AvgIpc) is 2.99. The number of anilines is 1. The molecule has 0 saturated carbocycles. The number of hydrogen-bond donors (Lipinski definition) is 1. The first-order valence-electron chi connectivity index (χ1n) is 7.42. The van der Waals surface area contributed by atoms with E-state index < -0.39 is 16.6 Å². The van der Waals surface area contributed by atoms with Crippen molar-refractivity contribution >= 4 is 17.6 Å². The molecule has 0 aromatic carbocycles. The highest BCUT2D eigenvalue weighted by Crippen LogP contribution is 2.41. The van der Waals surface area contributed by atoms with Crippen molar-refractivity contribution in [3.8, 4) is 0 Å². The first-order valence-corrected chi connectivity index (χ1v) is 7.42. The maximum atomic E-state index is 12.2. The molecule has 22 heavy (non-hydrogen) atoms. The summed E-state index contributed by atoms with van der Waals surface area (Å²) in [6.45, 7) is 0.486. The Bertz CT molecular complexity index is 620. The number of piperidine rings is 1. The van der Waals surface area contributed by atoms with E-state index >= 15 is 0 Å². The number of ether oxygens (including phenoxy) is 1. The van der Waals surface area contributed by atoms with Crippen molar-refractivity contribution in [2.75, 3.05) is 11.4 Å². The minimum atomic E-state index is -0.557. The van der Waals surface area contributed by atoms with Gasteiger partial charge in [0.15, 0.2) is 6.20 Å². The smallest absolute Gasteiger partial charge is 0.415 e. The second kappa shape index (κ2) is 4.64. The van der Waals surface area contributed by atoms with Crippen LogP contribution in [-0.2, 0) is 4.74 Å². The maximum absolute atomic E-state index is 12.2. The van der Waals surface area contributed by atoms with Gasteiger partial charge in [-0.05, 0) is 28.8 Å². The van der Waals surface area contributed by atoms with Crippen LogP contribution < -0.4 is 10.2 Å². The van der Waals surface area contributed by atoms with Gasteiger partial charge < -0.3 is 20.2 Å². The number of carbonyl (C=O) groups excluding carboxylic acids is 1. The highest BCUT2D eigenvalue weighted by molar-refractivity contribution is 5.90. The zero-order valence-electron chi connectivity index (χ0n) is 11.9. The van der Waals surface area contributed by atoms with E-state index in [-0.39, 0.29) is 5.82 Å². The van der Waals surface area contributed by atoms with E-state index in [1.807, 2.05) is 0 Å². The van der Waals surface area contributed by atoms with Crippen LogP contribution >= 0.6 is 0 Å². The molecule has 1 unspecified atom stereocenters. The minimum absolute atomic E-state index is 0.231. The number of fused-ring (bicyclic) bond motifs is 2. The van der Waals surface area contributed by atoms with Crippen LogP contribution in [0.1, 0.15) is 25.7 Å². The van der Waals surface area contributed by atoms with E-state index in [0.717, 1.165) is 25.7 Å². The van der Waals surface area contributed by atoms with Crippen LogP contribution in [-0.4, -0.2) is 40.2 Å². The lowest BCUT2D eigenvalue weighted by molar-refractivity contribution is -0.389. The first kappa shape index (κ1) is 13.4. The van der Waals surface area contributed by atoms with Crippen molar-refractivity contribution in [1.29, 1.82) is 0 Å². The van der Waals surface area contributed by atoms with Crippen LogP contribution in [0, 0.1) is 10.1 Å². The number of nitrogens with one attached hydrogen (secondary N) is 1. The molecule has 2 bridgehead atoms. The SMILES string of the molecule is O=C1OC2(C[C@H]3CC[C@@H](C2)N3)CN1c1ccc([N+](=O)[O-])nc1. The molecular weight excluding hydrogens is 288 g/mol. The molecule has 3 fully saturated rings. The molecule has 1 N–H and O–H groups in total. The fraction of sp³-hybridized carbons (Fsp3) is 0.571. The average molecular weight is 304 g/mol. The molecule has 4 rings (SSSR count). The highest BCUT2D eigenvalue weighted by atomic mass is 16.6. The number of hydrogen-bond acceptors (Lipinski definition) is 6. The van der Waals surface area contributed by atoms with Gasteiger partial charge in [-0.1, -0.05) is 0 Å². The molecule has 0 radical (unpaired) electrons. The van der Waals surface area contributed by atoms with E-state index in [9.17, 15) is 14.9 Å². The van der Waals surface area contributed by atoms with E-state index in [1.165, 1.54) is 17.2 Å². The molecule has 4 heterocycles. The second-order valence-electron chi connectivity index (χ2n) is 6.31. The standard InChI is InChI=1S/C14H16N4O4/c19-13-17(11-3-4-12(15-7-11)18(20)21)8-14(22-13)5-9-1-2-10(6-14)16-9/h3-4,7,9-10,16H,1-2,5-6,8H2/t9-,10+,14?.